The lowest BCUT2D eigenvalue weighted by Gasteiger charge is -2.15. The van der Waals surface area contributed by atoms with E-state index in [1.54, 1.807) is 56.5 Å². The zero-order chi connectivity index (χ0) is 19.8. The molecule has 0 amide bonds. The van der Waals surface area contributed by atoms with Crippen LogP contribution >= 0.6 is 0 Å². The van der Waals surface area contributed by atoms with Crippen LogP contribution in [0.15, 0.2) is 42.5 Å². The standard InChI is InChI=1S/C21H24O6/c1-5-25-18-12-9-16(13-19(18)26-6-2)21(23)27-14(3)20(22)15-7-10-17(24-4)11-8-15/h7-14H,5-6H2,1-4H3/t14-/m0/s1. The molecule has 27 heavy (non-hydrogen) atoms. The van der Waals surface area contributed by atoms with Gasteiger partial charge in [0.05, 0.1) is 25.9 Å². The van der Waals surface area contributed by atoms with Gasteiger partial charge in [0, 0.05) is 5.56 Å². The van der Waals surface area contributed by atoms with Crippen molar-refractivity contribution in [3.05, 3.63) is 53.6 Å². The molecule has 0 heterocycles. The van der Waals surface area contributed by atoms with Crippen LogP contribution in [0.2, 0.25) is 0 Å². The predicted molar refractivity (Wildman–Crippen MR) is 101 cm³/mol. The number of methoxy groups -OCH3 is 1. The monoisotopic (exact) mass is 372 g/mol. The minimum Gasteiger partial charge on any atom is -0.497 e. The molecule has 2 aromatic rings. The maximum absolute atomic E-state index is 12.5. The molecular weight excluding hydrogens is 348 g/mol. The van der Waals surface area contributed by atoms with Crippen LogP contribution in [0.3, 0.4) is 0 Å². The van der Waals surface area contributed by atoms with Crippen LogP contribution in [-0.2, 0) is 4.74 Å². The van der Waals surface area contributed by atoms with Crippen LogP contribution in [0.25, 0.3) is 0 Å². The van der Waals surface area contributed by atoms with Gasteiger partial charge in [-0.3, -0.25) is 4.79 Å². The van der Waals surface area contributed by atoms with E-state index >= 15 is 0 Å². The molecule has 0 fully saturated rings. The molecule has 1 atom stereocenters. The highest BCUT2D eigenvalue weighted by Crippen LogP contribution is 2.29. The Hall–Kier alpha value is -3.02. The van der Waals surface area contributed by atoms with Gasteiger partial charge in [-0.25, -0.2) is 4.79 Å². The number of ketones is 1. The minimum atomic E-state index is -0.923. The molecule has 0 spiro atoms. The summed E-state index contributed by atoms with van der Waals surface area (Å²) in [5, 5.41) is 0. The summed E-state index contributed by atoms with van der Waals surface area (Å²) in [6, 6.07) is 11.4. The third-order valence-electron chi connectivity index (χ3n) is 3.81. The lowest BCUT2D eigenvalue weighted by molar-refractivity contribution is 0.0318. The molecule has 0 radical (unpaired) electrons. The molecule has 6 nitrogen and oxygen atoms in total. The first kappa shape index (κ1) is 20.3. The van der Waals surface area contributed by atoms with Gasteiger partial charge in [0.1, 0.15) is 5.75 Å². The van der Waals surface area contributed by atoms with E-state index in [-0.39, 0.29) is 11.3 Å². The van der Waals surface area contributed by atoms with Gasteiger partial charge in [0.25, 0.3) is 0 Å². The lowest BCUT2D eigenvalue weighted by Crippen LogP contribution is -2.24. The van der Waals surface area contributed by atoms with E-state index in [0.717, 1.165) is 0 Å². The van der Waals surface area contributed by atoms with Crippen LogP contribution in [-0.4, -0.2) is 38.2 Å². The summed E-state index contributed by atoms with van der Waals surface area (Å²) < 4.78 is 21.4. The van der Waals surface area contributed by atoms with Gasteiger partial charge in [-0.15, -0.1) is 0 Å². The molecule has 2 aromatic carbocycles. The van der Waals surface area contributed by atoms with Gasteiger partial charge in [-0.05, 0) is 63.2 Å². The van der Waals surface area contributed by atoms with Gasteiger partial charge < -0.3 is 18.9 Å². The largest absolute Gasteiger partial charge is 0.497 e. The zero-order valence-corrected chi connectivity index (χ0v) is 16.0. The molecular formula is C21H24O6. The summed E-state index contributed by atoms with van der Waals surface area (Å²) in [7, 11) is 1.55. The Morgan fingerprint density at radius 1 is 0.889 bits per heavy atom. The van der Waals surface area contributed by atoms with Gasteiger partial charge in [0.2, 0.25) is 5.78 Å². The van der Waals surface area contributed by atoms with Crippen molar-refractivity contribution < 1.29 is 28.5 Å². The van der Waals surface area contributed by atoms with Gasteiger partial charge in [-0.1, -0.05) is 0 Å². The van der Waals surface area contributed by atoms with Crippen molar-refractivity contribution in [2.24, 2.45) is 0 Å². The molecule has 144 valence electrons. The lowest BCUT2D eigenvalue weighted by atomic mass is 10.1. The number of hydrogen-bond donors (Lipinski definition) is 0. The third-order valence-corrected chi connectivity index (χ3v) is 3.81. The number of benzene rings is 2. The van der Waals surface area contributed by atoms with Crippen molar-refractivity contribution in [1.82, 2.24) is 0 Å². The third kappa shape index (κ3) is 5.23. The number of Topliss-reactive ketones (excluding diaryl/α,β-unsaturated/α-hetero) is 1. The molecule has 0 aromatic heterocycles. The second kappa shape index (κ2) is 9.62. The first-order valence-electron chi connectivity index (χ1n) is 8.79. The van der Waals surface area contributed by atoms with Crippen molar-refractivity contribution in [3.63, 3.8) is 0 Å². The second-order valence-corrected chi connectivity index (χ2v) is 5.67. The number of esters is 1. The maximum atomic E-state index is 12.5. The molecule has 0 aliphatic carbocycles. The molecule has 0 saturated carbocycles. The summed E-state index contributed by atoms with van der Waals surface area (Å²) in [5.74, 6) is 0.769. The number of ether oxygens (including phenoxy) is 4. The summed E-state index contributed by atoms with van der Waals surface area (Å²) in [5.41, 5.74) is 0.731. The van der Waals surface area contributed by atoms with Crippen LogP contribution in [0.5, 0.6) is 17.2 Å². The maximum Gasteiger partial charge on any atom is 0.338 e. The van der Waals surface area contributed by atoms with E-state index in [0.29, 0.717) is 36.0 Å². The van der Waals surface area contributed by atoms with Crippen LogP contribution < -0.4 is 14.2 Å². The molecule has 0 unspecified atom stereocenters. The van der Waals surface area contributed by atoms with E-state index in [2.05, 4.69) is 0 Å². The average Bonchev–Trinajstić information content (AvgIpc) is 2.69. The molecule has 0 bridgehead atoms. The van der Waals surface area contributed by atoms with E-state index in [1.165, 1.54) is 0 Å². The van der Waals surface area contributed by atoms with Gasteiger partial charge in [-0.2, -0.15) is 0 Å². The zero-order valence-electron chi connectivity index (χ0n) is 16.0. The average molecular weight is 372 g/mol. The van der Waals surface area contributed by atoms with Crippen LogP contribution in [0.4, 0.5) is 0 Å². The van der Waals surface area contributed by atoms with Crippen LogP contribution in [0, 0.1) is 0 Å². The Bertz CT molecular complexity index is 782. The molecule has 0 aliphatic heterocycles. The Labute approximate surface area is 159 Å². The highest BCUT2D eigenvalue weighted by Gasteiger charge is 2.21. The Morgan fingerprint density at radius 2 is 1.48 bits per heavy atom. The number of hydrogen-bond acceptors (Lipinski definition) is 6. The summed E-state index contributed by atoms with van der Waals surface area (Å²) in [6.45, 7) is 6.17. The van der Waals surface area contributed by atoms with Crippen molar-refractivity contribution in [2.45, 2.75) is 26.9 Å². The summed E-state index contributed by atoms with van der Waals surface area (Å²) >= 11 is 0. The molecule has 2 rings (SSSR count). The molecule has 0 saturated heterocycles. The fourth-order valence-corrected chi connectivity index (χ4v) is 2.45. The smallest absolute Gasteiger partial charge is 0.338 e. The van der Waals surface area contributed by atoms with Crippen molar-refractivity contribution in [2.75, 3.05) is 20.3 Å². The highest BCUT2D eigenvalue weighted by molar-refractivity contribution is 6.01. The molecule has 6 heteroatoms. The molecule has 0 aliphatic rings. The van der Waals surface area contributed by atoms with Crippen molar-refractivity contribution in [3.8, 4) is 17.2 Å². The van der Waals surface area contributed by atoms with Gasteiger partial charge >= 0.3 is 5.97 Å². The number of rotatable bonds is 9. The van der Waals surface area contributed by atoms with E-state index in [1.807, 2.05) is 13.8 Å². The Morgan fingerprint density at radius 3 is 2.07 bits per heavy atom. The topological polar surface area (TPSA) is 71.1 Å². The predicted octanol–water partition coefficient (Wildman–Crippen LogP) is 3.92. The van der Waals surface area contributed by atoms with Crippen molar-refractivity contribution >= 4 is 11.8 Å². The fraction of sp³-hybridized carbons (Fsp3) is 0.333. The quantitative estimate of drug-likeness (QED) is 0.491. The second-order valence-electron chi connectivity index (χ2n) is 5.67. The Balaban J connectivity index is 2.10. The highest BCUT2D eigenvalue weighted by atomic mass is 16.5. The first-order chi connectivity index (χ1) is 13.0. The minimum absolute atomic E-state index is 0.288. The Kier molecular flexibility index (Phi) is 7.23. The SMILES string of the molecule is CCOc1ccc(C(=O)O[C@@H](C)C(=O)c2ccc(OC)cc2)cc1OCC. The van der Waals surface area contributed by atoms with Crippen LogP contribution in [0.1, 0.15) is 41.5 Å². The summed E-state index contributed by atoms with van der Waals surface area (Å²) in [4.78, 5) is 24.9. The number of carbonyl (C=O) groups excluding carboxylic acids is 2. The van der Waals surface area contributed by atoms with Gasteiger partial charge in [0.15, 0.2) is 17.6 Å². The first-order valence-corrected chi connectivity index (χ1v) is 8.79. The van der Waals surface area contributed by atoms with Crippen molar-refractivity contribution in [1.29, 1.82) is 0 Å². The summed E-state index contributed by atoms with van der Waals surface area (Å²) in [6.07, 6.45) is -0.923. The fourth-order valence-electron chi connectivity index (χ4n) is 2.45. The molecule has 0 N–H and O–H groups in total. The van der Waals surface area contributed by atoms with E-state index in [9.17, 15) is 9.59 Å². The normalized spacial score (nSPS) is 11.4. The van der Waals surface area contributed by atoms with E-state index in [4.69, 9.17) is 18.9 Å². The number of carbonyl (C=O) groups is 2. The van der Waals surface area contributed by atoms with E-state index < -0.39 is 12.1 Å².